The molecular weight excluding hydrogens is 428 g/mol. The van der Waals surface area contributed by atoms with Gasteiger partial charge in [-0.2, -0.15) is 0 Å². The molecule has 6 rings (SSSR count). The molecule has 7 nitrogen and oxygen atoms in total. The smallest absolute Gasteiger partial charge is 0.343 e. The summed E-state index contributed by atoms with van der Waals surface area (Å²) in [6, 6.07) is 25.3. The first-order valence-electron chi connectivity index (χ1n) is 11.3. The van der Waals surface area contributed by atoms with Crippen molar-refractivity contribution in [2.45, 2.75) is 12.5 Å². The van der Waals surface area contributed by atoms with Gasteiger partial charge in [-0.1, -0.05) is 54.6 Å². The van der Waals surface area contributed by atoms with E-state index in [1.54, 1.807) is 48.5 Å². The van der Waals surface area contributed by atoms with Crippen molar-refractivity contribution in [2.75, 3.05) is 6.54 Å². The normalized spacial score (nSPS) is 15.4. The van der Waals surface area contributed by atoms with Crippen LogP contribution < -0.4 is 16.6 Å². The van der Waals surface area contributed by atoms with Gasteiger partial charge in [-0.25, -0.2) is 13.9 Å². The minimum Gasteiger partial charge on any atom is -0.494 e. The maximum absolute atomic E-state index is 13.9. The number of aromatic amines is 1. The minimum atomic E-state index is -0.615. The standard InChI is InChI=1S/C27H22N4O3/c32-25-22(24-23-20(15-16-28-24)19-13-7-8-14-21(19)29-23)26(33)31(18-11-5-2-6-12-18)27(34)30(25)17-9-3-1-4-10-17/h1-14,24,28-29,32H,15-16H2/p+1/t24-/m1/s1. The summed E-state index contributed by atoms with van der Waals surface area (Å²) in [5, 5.41) is 14.6. The molecule has 0 radical (unpaired) electrons. The monoisotopic (exact) mass is 451 g/mol. The molecule has 1 aliphatic rings. The number of fused-ring (bicyclic) bond motifs is 3. The van der Waals surface area contributed by atoms with Gasteiger partial charge in [0.2, 0.25) is 5.88 Å². The molecule has 0 unspecified atom stereocenters. The summed E-state index contributed by atoms with van der Waals surface area (Å²) >= 11 is 0. The van der Waals surface area contributed by atoms with Gasteiger partial charge in [0.1, 0.15) is 5.56 Å². The molecule has 1 atom stereocenters. The molecular formula is C27H23N4O3+. The fraction of sp³-hybridized carbons (Fsp3) is 0.111. The van der Waals surface area contributed by atoms with Crippen LogP contribution in [-0.4, -0.2) is 25.8 Å². The lowest BCUT2D eigenvalue weighted by Crippen LogP contribution is -2.88. The summed E-state index contributed by atoms with van der Waals surface area (Å²) in [5.41, 5.74) is 3.01. The number of para-hydroxylation sites is 3. The highest BCUT2D eigenvalue weighted by Gasteiger charge is 2.35. The molecule has 0 fully saturated rings. The average Bonchev–Trinajstić information content (AvgIpc) is 3.25. The lowest BCUT2D eigenvalue weighted by molar-refractivity contribution is -0.690. The van der Waals surface area contributed by atoms with E-state index in [1.165, 1.54) is 4.57 Å². The summed E-state index contributed by atoms with van der Waals surface area (Å²) in [6.45, 7) is 0.758. The lowest BCUT2D eigenvalue weighted by Gasteiger charge is -2.23. The van der Waals surface area contributed by atoms with E-state index in [2.05, 4.69) is 11.1 Å². The van der Waals surface area contributed by atoms with E-state index >= 15 is 0 Å². The van der Waals surface area contributed by atoms with Crippen molar-refractivity contribution in [1.29, 1.82) is 0 Å². The number of nitrogens with one attached hydrogen (secondary N) is 1. The van der Waals surface area contributed by atoms with Gasteiger partial charge in [0.25, 0.3) is 5.56 Å². The van der Waals surface area contributed by atoms with E-state index in [-0.39, 0.29) is 11.4 Å². The molecule has 5 aromatic rings. The summed E-state index contributed by atoms with van der Waals surface area (Å²) in [5.74, 6) is -0.332. The number of quaternary nitrogens is 1. The third-order valence-corrected chi connectivity index (χ3v) is 6.56. The van der Waals surface area contributed by atoms with Crippen molar-refractivity contribution < 1.29 is 10.4 Å². The van der Waals surface area contributed by atoms with Crippen molar-refractivity contribution in [1.82, 2.24) is 14.1 Å². The number of rotatable bonds is 3. The van der Waals surface area contributed by atoms with E-state index in [0.29, 0.717) is 11.4 Å². The summed E-state index contributed by atoms with van der Waals surface area (Å²) in [4.78, 5) is 30.9. The van der Waals surface area contributed by atoms with Crippen molar-refractivity contribution in [3.8, 4) is 17.3 Å². The Morgan fingerprint density at radius 1 is 0.824 bits per heavy atom. The van der Waals surface area contributed by atoms with Crippen LogP contribution in [0.1, 0.15) is 22.9 Å². The second-order valence-electron chi connectivity index (χ2n) is 8.48. The molecule has 3 heterocycles. The third kappa shape index (κ3) is 3.02. The second-order valence-corrected chi connectivity index (χ2v) is 8.48. The van der Waals surface area contributed by atoms with Crippen molar-refractivity contribution in [3.63, 3.8) is 0 Å². The van der Waals surface area contributed by atoms with Gasteiger partial charge in [0.15, 0.2) is 6.04 Å². The Kier molecular flexibility index (Phi) is 4.71. The molecule has 3 aromatic carbocycles. The molecule has 0 bridgehead atoms. The molecule has 0 spiro atoms. The predicted octanol–water partition coefficient (Wildman–Crippen LogP) is 2.38. The van der Waals surface area contributed by atoms with Crippen molar-refractivity contribution >= 4 is 10.9 Å². The Bertz CT molecular complexity index is 1630. The van der Waals surface area contributed by atoms with Gasteiger partial charge < -0.3 is 15.4 Å². The molecule has 0 saturated carbocycles. The van der Waals surface area contributed by atoms with Gasteiger partial charge in [0.05, 0.1) is 23.6 Å². The maximum atomic E-state index is 13.9. The van der Waals surface area contributed by atoms with Gasteiger partial charge >= 0.3 is 5.69 Å². The van der Waals surface area contributed by atoms with Crippen LogP contribution in [0.2, 0.25) is 0 Å². The molecule has 34 heavy (non-hydrogen) atoms. The number of aromatic nitrogens is 3. The fourth-order valence-corrected chi connectivity index (χ4v) is 5.03. The second kappa shape index (κ2) is 7.90. The molecule has 0 saturated heterocycles. The molecule has 0 amide bonds. The summed E-state index contributed by atoms with van der Waals surface area (Å²) < 4.78 is 2.36. The van der Waals surface area contributed by atoms with Crippen LogP contribution in [0.25, 0.3) is 22.3 Å². The summed E-state index contributed by atoms with van der Waals surface area (Å²) in [7, 11) is 0. The highest BCUT2D eigenvalue weighted by Crippen LogP contribution is 2.32. The first-order chi connectivity index (χ1) is 16.6. The Morgan fingerprint density at radius 3 is 2.15 bits per heavy atom. The Morgan fingerprint density at radius 2 is 1.44 bits per heavy atom. The molecule has 4 N–H and O–H groups in total. The van der Waals surface area contributed by atoms with E-state index in [1.807, 2.05) is 35.6 Å². The molecule has 0 aliphatic carbocycles. The number of hydrogen-bond acceptors (Lipinski definition) is 3. The van der Waals surface area contributed by atoms with Gasteiger partial charge in [-0.15, -0.1) is 0 Å². The zero-order valence-electron chi connectivity index (χ0n) is 18.3. The maximum Gasteiger partial charge on any atom is 0.343 e. The lowest BCUT2D eigenvalue weighted by atomic mass is 9.95. The first-order valence-corrected chi connectivity index (χ1v) is 11.3. The van der Waals surface area contributed by atoms with Crippen molar-refractivity contribution in [2.24, 2.45) is 0 Å². The van der Waals surface area contributed by atoms with Crippen LogP contribution in [0.3, 0.4) is 0 Å². The van der Waals surface area contributed by atoms with E-state index in [4.69, 9.17) is 0 Å². The Hall–Kier alpha value is -4.36. The number of nitrogens with zero attached hydrogens (tertiary/aromatic N) is 2. The average molecular weight is 452 g/mol. The van der Waals surface area contributed by atoms with Gasteiger partial charge in [-0.05, 0) is 35.9 Å². The SMILES string of the molecule is O=c1c([C@H]2[NH2+]CCc3c2[nH]c2ccccc32)c(O)n(-c2ccccc2)c(=O)n1-c1ccccc1. The highest BCUT2D eigenvalue weighted by atomic mass is 16.3. The van der Waals surface area contributed by atoms with Crippen LogP contribution >= 0.6 is 0 Å². The molecule has 168 valence electrons. The van der Waals surface area contributed by atoms with E-state index in [9.17, 15) is 14.7 Å². The van der Waals surface area contributed by atoms with Gasteiger partial charge in [-0.3, -0.25) is 4.79 Å². The van der Waals surface area contributed by atoms with Crippen molar-refractivity contribution in [3.05, 3.63) is 123 Å². The van der Waals surface area contributed by atoms with Crippen LogP contribution in [0.4, 0.5) is 0 Å². The number of nitrogens with two attached hydrogens (primary N) is 1. The van der Waals surface area contributed by atoms with Crippen LogP contribution in [0.5, 0.6) is 5.88 Å². The number of hydrogen-bond donors (Lipinski definition) is 3. The highest BCUT2D eigenvalue weighted by molar-refractivity contribution is 5.85. The van der Waals surface area contributed by atoms with Crippen LogP contribution in [0, 0.1) is 0 Å². The number of aromatic hydroxyl groups is 1. The Labute approximate surface area is 194 Å². The number of benzene rings is 3. The third-order valence-electron chi connectivity index (χ3n) is 6.56. The quantitative estimate of drug-likeness (QED) is 0.393. The molecule has 2 aromatic heterocycles. The van der Waals surface area contributed by atoms with Gasteiger partial charge in [0, 0.05) is 17.3 Å². The summed E-state index contributed by atoms with van der Waals surface area (Å²) in [6.07, 6.45) is 0.849. The zero-order valence-corrected chi connectivity index (χ0v) is 18.3. The first kappa shape index (κ1) is 20.3. The Balaban J connectivity index is 1.69. The number of H-pyrrole nitrogens is 1. The van der Waals surface area contributed by atoms with Crippen LogP contribution in [0.15, 0.2) is 94.5 Å². The molecule has 1 aliphatic heterocycles. The van der Waals surface area contributed by atoms with E-state index < -0.39 is 17.3 Å². The topological polar surface area (TPSA) is 96.6 Å². The fourth-order valence-electron chi connectivity index (χ4n) is 5.03. The predicted molar refractivity (Wildman–Crippen MR) is 130 cm³/mol. The molecule has 7 heteroatoms. The largest absolute Gasteiger partial charge is 0.494 e. The minimum absolute atomic E-state index is 0.180. The van der Waals surface area contributed by atoms with Crippen LogP contribution in [-0.2, 0) is 6.42 Å². The van der Waals surface area contributed by atoms with E-state index in [0.717, 1.165) is 39.7 Å². The zero-order chi connectivity index (χ0) is 23.2.